The summed E-state index contributed by atoms with van der Waals surface area (Å²) in [6.07, 6.45) is 1.76. The largest absolute Gasteiger partial charge is 0.317 e. The van der Waals surface area contributed by atoms with Gasteiger partial charge in [-0.15, -0.1) is 0 Å². The first-order chi connectivity index (χ1) is 11.7. The molecule has 0 aliphatic carbocycles. The number of rotatable bonds is 3. The summed E-state index contributed by atoms with van der Waals surface area (Å²) in [5, 5.41) is 5.75. The number of amides is 1. The van der Waals surface area contributed by atoms with E-state index >= 15 is 0 Å². The molecular weight excluding hydrogens is 318 g/mol. The molecule has 5 heteroatoms. The second-order valence-corrected chi connectivity index (χ2v) is 5.48. The Hall–Kier alpha value is -3.05. The molecule has 1 heterocycles. The van der Waals surface area contributed by atoms with Gasteiger partial charge < -0.3 is 5.32 Å². The molecule has 3 rings (SSSR count). The van der Waals surface area contributed by atoms with Crippen molar-refractivity contribution < 1.29 is 4.79 Å². The molecule has 0 unspecified atom stereocenters. The molecule has 0 aliphatic rings. The highest BCUT2D eigenvalue weighted by Crippen LogP contribution is 2.18. The monoisotopic (exact) mass is 333 g/mol. The third-order valence-electron chi connectivity index (χ3n) is 3.38. The third-order valence-corrected chi connectivity index (χ3v) is 3.58. The molecule has 0 aliphatic heterocycles. The van der Waals surface area contributed by atoms with Gasteiger partial charge >= 0.3 is 0 Å². The Bertz CT molecular complexity index is 834. The van der Waals surface area contributed by atoms with Crippen molar-refractivity contribution in [3.63, 3.8) is 0 Å². The lowest BCUT2D eigenvalue weighted by Gasteiger charge is -2.09. The lowest BCUT2D eigenvalue weighted by atomic mass is 10.1. The van der Waals surface area contributed by atoms with Crippen molar-refractivity contribution in [2.24, 2.45) is 0 Å². The molecule has 3 aromatic rings. The number of aromatic nitrogens is 1. The first-order valence-corrected chi connectivity index (χ1v) is 7.82. The zero-order valence-corrected chi connectivity index (χ0v) is 13.6. The number of benzene rings is 2. The Morgan fingerprint density at radius 2 is 1.50 bits per heavy atom. The fourth-order valence-electron chi connectivity index (χ4n) is 2.18. The number of nitrogens with zero attached hydrogens (tertiary/aromatic N) is 1. The van der Waals surface area contributed by atoms with E-state index < -0.39 is 0 Å². The highest BCUT2D eigenvalue weighted by Gasteiger charge is 2.07. The first kappa shape index (κ1) is 15.8. The maximum Gasteiger partial charge on any atom is 0.257 e. The molecule has 0 fully saturated rings. The minimum atomic E-state index is -0.256. The van der Waals surface area contributed by atoms with Gasteiger partial charge in [0.15, 0.2) is 5.11 Å². The minimum absolute atomic E-state index is 0.212. The predicted octanol–water partition coefficient (Wildman–Crippen LogP) is 3.88. The zero-order chi connectivity index (χ0) is 16.8. The van der Waals surface area contributed by atoms with Crippen LogP contribution in [-0.4, -0.2) is 16.0 Å². The van der Waals surface area contributed by atoms with Gasteiger partial charge in [0.1, 0.15) is 5.82 Å². The van der Waals surface area contributed by atoms with Crippen molar-refractivity contribution in [3.8, 4) is 11.1 Å². The Kier molecular flexibility index (Phi) is 4.93. The molecule has 0 saturated carbocycles. The van der Waals surface area contributed by atoms with E-state index in [0.29, 0.717) is 11.4 Å². The summed E-state index contributed by atoms with van der Waals surface area (Å²) in [4.78, 5) is 16.4. The van der Waals surface area contributed by atoms with Crippen LogP contribution in [0, 0.1) is 0 Å². The number of nitrogens with one attached hydrogen (secondary N) is 2. The van der Waals surface area contributed by atoms with Gasteiger partial charge in [0.05, 0.1) is 0 Å². The summed E-state index contributed by atoms with van der Waals surface area (Å²) in [5.74, 6) is 0.321. The Morgan fingerprint density at radius 3 is 2.12 bits per heavy atom. The van der Waals surface area contributed by atoms with Crippen LogP contribution in [0.3, 0.4) is 0 Å². The van der Waals surface area contributed by atoms with E-state index in [9.17, 15) is 4.79 Å². The third kappa shape index (κ3) is 4.02. The fourth-order valence-corrected chi connectivity index (χ4v) is 2.38. The normalized spacial score (nSPS) is 10.0. The van der Waals surface area contributed by atoms with Crippen LogP contribution in [0.4, 0.5) is 5.82 Å². The van der Waals surface area contributed by atoms with Gasteiger partial charge in [-0.3, -0.25) is 10.1 Å². The molecule has 0 saturated heterocycles. The van der Waals surface area contributed by atoms with Crippen molar-refractivity contribution in [2.45, 2.75) is 0 Å². The van der Waals surface area contributed by atoms with Gasteiger partial charge in [-0.1, -0.05) is 48.5 Å². The summed E-state index contributed by atoms with van der Waals surface area (Å²) in [6, 6.07) is 22.7. The van der Waals surface area contributed by atoms with Crippen molar-refractivity contribution in [3.05, 3.63) is 84.6 Å². The average Bonchev–Trinajstić information content (AvgIpc) is 2.64. The number of pyridine rings is 1. The van der Waals surface area contributed by atoms with Gasteiger partial charge in [0.2, 0.25) is 0 Å². The lowest BCUT2D eigenvalue weighted by Crippen LogP contribution is -2.34. The molecule has 1 amide bonds. The quantitative estimate of drug-likeness (QED) is 0.714. The molecule has 2 N–H and O–H groups in total. The van der Waals surface area contributed by atoms with Crippen LogP contribution in [0.2, 0.25) is 0 Å². The zero-order valence-electron chi connectivity index (χ0n) is 12.8. The molecule has 0 bridgehead atoms. The first-order valence-electron chi connectivity index (χ1n) is 7.41. The number of carbonyl (C=O) groups excluding carboxylic acids is 1. The Labute approximate surface area is 145 Å². The second kappa shape index (κ2) is 7.48. The second-order valence-electron chi connectivity index (χ2n) is 5.07. The summed E-state index contributed by atoms with van der Waals surface area (Å²) in [7, 11) is 0. The van der Waals surface area contributed by atoms with E-state index in [0.717, 1.165) is 11.1 Å². The maximum atomic E-state index is 12.0. The smallest absolute Gasteiger partial charge is 0.257 e. The van der Waals surface area contributed by atoms with Crippen LogP contribution >= 0.6 is 12.2 Å². The number of anilines is 1. The van der Waals surface area contributed by atoms with E-state index in [1.165, 1.54) is 0 Å². The van der Waals surface area contributed by atoms with E-state index in [4.69, 9.17) is 12.2 Å². The SMILES string of the molecule is O=C(NC(=S)Nc1ccc(-c2ccccc2)cn1)c1ccccc1. The van der Waals surface area contributed by atoms with E-state index in [2.05, 4.69) is 15.6 Å². The molecule has 1 aromatic heterocycles. The molecule has 24 heavy (non-hydrogen) atoms. The van der Waals surface area contributed by atoms with E-state index in [-0.39, 0.29) is 11.0 Å². The van der Waals surface area contributed by atoms with Gasteiger partial charge in [-0.05, 0) is 42.0 Å². The topological polar surface area (TPSA) is 54.0 Å². The molecule has 0 spiro atoms. The van der Waals surface area contributed by atoms with Crippen molar-refractivity contribution in [2.75, 3.05) is 5.32 Å². The average molecular weight is 333 g/mol. The Morgan fingerprint density at radius 1 is 0.833 bits per heavy atom. The van der Waals surface area contributed by atoms with Crippen LogP contribution < -0.4 is 10.6 Å². The molecule has 118 valence electrons. The molecular formula is C19H15N3OS. The number of hydrogen-bond donors (Lipinski definition) is 2. The minimum Gasteiger partial charge on any atom is -0.317 e. The van der Waals surface area contributed by atoms with Crippen LogP contribution in [0.1, 0.15) is 10.4 Å². The van der Waals surface area contributed by atoms with Gasteiger partial charge in [0.25, 0.3) is 5.91 Å². The van der Waals surface area contributed by atoms with Crippen molar-refractivity contribution >= 4 is 29.1 Å². The molecule has 4 nitrogen and oxygen atoms in total. The predicted molar refractivity (Wildman–Crippen MR) is 99.8 cm³/mol. The highest BCUT2D eigenvalue weighted by molar-refractivity contribution is 7.80. The van der Waals surface area contributed by atoms with E-state index in [1.54, 1.807) is 30.5 Å². The van der Waals surface area contributed by atoms with Crippen LogP contribution in [-0.2, 0) is 0 Å². The molecule has 2 aromatic carbocycles. The fraction of sp³-hybridized carbons (Fsp3) is 0. The van der Waals surface area contributed by atoms with Crippen molar-refractivity contribution in [1.29, 1.82) is 0 Å². The maximum absolute atomic E-state index is 12.0. The highest BCUT2D eigenvalue weighted by atomic mass is 32.1. The lowest BCUT2D eigenvalue weighted by molar-refractivity contribution is 0.0977. The summed E-state index contributed by atoms with van der Waals surface area (Å²) >= 11 is 5.16. The summed E-state index contributed by atoms with van der Waals surface area (Å²) in [5.41, 5.74) is 2.66. The number of thiocarbonyl (C=S) groups is 1. The number of carbonyl (C=O) groups is 1. The van der Waals surface area contributed by atoms with Crippen LogP contribution in [0.5, 0.6) is 0 Å². The van der Waals surface area contributed by atoms with Gasteiger partial charge in [0, 0.05) is 17.3 Å². The van der Waals surface area contributed by atoms with Crippen molar-refractivity contribution in [1.82, 2.24) is 10.3 Å². The summed E-state index contributed by atoms with van der Waals surface area (Å²) < 4.78 is 0. The molecule has 0 radical (unpaired) electrons. The number of hydrogen-bond acceptors (Lipinski definition) is 3. The molecule has 0 atom stereocenters. The Balaban J connectivity index is 1.62. The van der Waals surface area contributed by atoms with Gasteiger partial charge in [-0.2, -0.15) is 0 Å². The van der Waals surface area contributed by atoms with E-state index in [1.807, 2.05) is 48.5 Å². The van der Waals surface area contributed by atoms with Crippen LogP contribution in [0.25, 0.3) is 11.1 Å². The standard InChI is InChI=1S/C19H15N3OS/c23-18(15-9-5-2-6-10-15)22-19(24)21-17-12-11-16(13-20-17)14-7-3-1-4-8-14/h1-13H,(H2,20,21,22,23,24). The van der Waals surface area contributed by atoms with Crippen LogP contribution in [0.15, 0.2) is 79.0 Å². The summed E-state index contributed by atoms with van der Waals surface area (Å²) in [6.45, 7) is 0. The van der Waals surface area contributed by atoms with Gasteiger partial charge in [-0.25, -0.2) is 4.98 Å².